The second-order valence-corrected chi connectivity index (χ2v) is 19.3. The van der Waals surface area contributed by atoms with E-state index in [4.69, 9.17) is 4.74 Å². The molecule has 67 heavy (non-hydrogen) atoms. The van der Waals surface area contributed by atoms with E-state index in [1.54, 1.807) is 47.5 Å². The van der Waals surface area contributed by atoms with Crippen molar-refractivity contribution in [3.05, 3.63) is 107 Å². The number of hydrogen-bond acceptors (Lipinski definition) is 17. The van der Waals surface area contributed by atoms with E-state index >= 15 is 0 Å². The van der Waals surface area contributed by atoms with E-state index in [0.717, 1.165) is 73.9 Å². The average molecular weight is 947 g/mol. The Labute approximate surface area is 398 Å². The molecule has 0 unspecified atom stereocenters. The first kappa shape index (κ1) is 48.4. The van der Waals surface area contributed by atoms with Gasteiger partial charge in [-0.1, -0.05) is 0 Å². The molecule has 8 rings (SSSR count). The zero-order valence-corrected chi connectivity index (χ0v) is 40.2. The SMILES string of the molecule is Cc1nc(Cc2ncc(-c3ccncc3)s2)cc(NCCNC(=O)[C@@H]2CCCN2)n1.Cc1nc(Cc2ncc(-c3ccncc3)s2)cc(NCCNC(=O)[C@@H]2CCCN2C(=O)OC(C)(C)C)n1. The highest BCUT2D eigenvalue weighted by molar-refractivity contribution is 7.15. The van der Waals surface area contributed by atoms with Crippen molar-refractivity contribution >= 4 is 52.2 Å². The maximum Gasteiger partial charge on any atom is 0.410 e. The van der Waals surface area contributed by atoms with Crippen molar-refractivity contribution in [3.63, 3.8) is 0 Å². The van der Waals surface area contributed by atoms with Gasteiger partial charge in [-0.05, 0) is 102 Å². The molecular formula is C47H58N14O4S2. The van der Waals surface area contributed by atoms with E-state index in [0.29, 0.717) is 69.5 Å². The molecule has 0 aromatic carbocycles. The summed E-state index contributed by atoms with van der Waals surface area (Å²) in [5.41, 5.74) is 3.40. The van der Waals surface area contributed by atoms with Crippen LogP contribution in [0.15, 0.2) is 73.6 Å². The van der Waals surface area contributed by atoms with Crippen LogP contribution in [0.5, 0.6) is 0 Å². The number of aryl methyl sites for hydroxylation is 2. The number of thiazole rings is 2. The lowest BCUT2D eigenvalue weighted by atomic mass is 10.2. The minimum atomic E-state index is -0.597. The van der Waals surface area contributed by atoms with Gasteiger partial charge in [0, 0.05) is 94.9 Å². The van der Waals surface area contributed by atoms with Crippen molar-refractivity contribution < 1.29 is 19.1 Å². The standard InChI is InChI=1S/C26H33N7O3S.C21H25N7OS/c1-17-31-19(15-23-30-16-21(37-23)18-7-9-27-10-8-18)14-22(32-17)28-11-12-29-24(34)20-6-5-13-33(20)25(35)36-26(2,3)4;1-14-27-16(12-20-26-13-18(30-20)15-4-7-22-8-5-15)11-19(28-14)24-9-10-25-21(29)17-3-2-6-23-17/h7-10,14,16,20H,5-6,11-13,15H2,1-4H3,(H,29,34)(H,28,31,32);4-5,7-8,11,13,17,23H,2-3,6,9-10,12H2,1H3,(H,25,29)(H,24,27,28)/t20-;17-/m00/s1. The first-order valence-corrected chi connectivity index (χ1v) is 24.1. The van der Waals surface area contributed by atoms with Crippen LogP contribution in [0.4, 0.5) is 16.4 Å². The molecule has 2 atom stereocenters. The molecule has 8 heterocycles. The third-order valence-electron chi connectivity index (χ3n) is 10.5. The monoisotopic (exact) mass is 946 g/mol. The summed E-state index contributed by atoms with van der Waals surface area (Å²) in [6, 6.07) is 11.2. The molecule has 0 spiro atoms. The predicted molar refractivity (Wildman–Crippen MR) is 260 cm³/mol. The van der Waals surface area contributed by atoms with Gasteiger partial charge in [-0.3, -0.25) is 24.5 Å². The summed E-state index contributed by atoms with van der Waals surface area (Å²) < 4.78 is 5.45. The zero-order chi connectivity index (χ0) is 47.2. The molecule has 20 heteroatoms. The molecule has 2 aliphatic heterocycles. The maximum atomic E-state index is 12.7. The molecule has 2 fully saturated rings. The molecular weight excluding hydrogens is 889 g/mol. The second-order valence-electron chi connectivity index (χ2n) is 17.1. The Morgan fingerprint density at radius 1 is 0.716 bits per heavy atom. The van der Waals surface area contributed by atoms with E-state index in [9.17, 15) is 14.4 Å². The highest BCUT2D eigenvalue weighted by Gasteiger charge is 2.36. The Morgan fingerprint density at radius 3 is 1.73 bits per heavy atom. The summed E-state index contributed by atoms with van der Waals surface area (Å²) in [4.78, 5) is 76.2. The maximum absolute atomic E-state index is 12.7. The Hall–Kier alpha value is -6.51. The fourth-order valence-electron chi connectivity index (χ4n) is 7.49. The first-order chi connectivity index (χ1) is 32.3. The summed E-state index contributed by atoms with van der Waals surface area (Å²) in [6.45, 7) is 12.7. The number of carbonyl (C=O) groups excluding carboxylic acids is 3. The molecule has 0 radical (unpaired) electrons. The number of aromatic nitrogens is 8. The summed E-state index contributed by atoms with van der Waals surface area (Å²) in [7, 11) is 0. The quantitative estimate of drug-likeness (QED) is 0.0702. The summed E-state index contributed by atoms with van der Waals surface area (Å²) in [5.74, 6) is 2.73. The Bertz CT molecular complexity index is 2560. The van der Waals surface area contributed by atoms with E-state index in [1.165, 1.54) is 4.90 Å². The Balaban J connectivity index is 0.000000203. The molecule has 0 bridgehead atoms. The van der Waals surface area contributed by atoms with Gasteiger partial charge in [0.1, 0.15) is 34.9 Å². The summed E-state index contributed by atoms with van der Waals surface area (Å²) >= 11 is 3.29. The summed E-state index contributed by atoms with van der Waals surface area (Å²) in [6.07, 6.45) is 15.1. The molecule has 3 amide bonds. The lowest BCUT2D eigenvalue weighted by Crippen LogP contribution is -2.48. The molecule has 352 valence electrons. The van der Waals surface area contributed by atoms with Gasteiger partial charge in [-0.15, -0.1) is 22.7 Å². The fourth-order valence-corrected chi connectivity index (χ4v) is 9.37. The van der Waals surface area contributed by atoms with Crippen molar-refractivity contribution in [3.8, 4) is 20.9 Å². The van der Waals surface area contributed by atoms with Crippen LogP contribution in [0.1, 0.15) is 79.5 Å². The van der Waals surface area contributed by atoms with Crippen LogP contribution in [0, 0.1) is 13.8 Å². The van der Waals surface area contributed by atoms with Crippen LogP contribution in [0.25, 0.3) is 20.9 Å². The van der Waals surface area contributed by atoms with Crippen LogP contribution < -0.4 is 26.6 Å². The van der Waals surface area contributed by atoms with Crippen LogP contribution in [0.3, 0.4) is 0 Å². The zero-order valence-electron chi connectivity index (χ0n) is 38.5. The van der Waals surface area contributed by atoms with Crippen LogP contribution in [-0.4, -0.2) is 120 Å². The van der Waals surface area contributed by atoms with Crippen molar-refractivity contribution in [2.45, 2.75) is 90.8 Å². The first-order valence-electron chi connectivity index (χ1n) is 22.5. The Kier molecular flexibility index (Phi) is 16.8. The van der Waals surface area contributed by atoms with Crippen molar-refractivity contribution in [2.75, 3.05) is 49.9 Å². The fraction of sp³-hybridized carbons (Fsp3) is 0.426. The molecule has 6 aromatic heterocycles. The summed E-state index contributed by atoms with van der Waals surface area (Å²) in [5, 5.41) is 17.6. The number of nitrogens with one attached hydrogen (secondary N) is 5. The number of anilines is 2. The number of amides is 3. The lowest BCUT2D eigenvalue weighted by molar-refractivity contribution is -0.125. The van der Waals surface area contributed by atoms with Gasteiger partial charge in [0.15, 0.2) is 0 Å². The van der Waals surface area contributed by atoms with E-state index < -0.39 is 17.7 Å². The minimum Gasteiger partial charge on any atom is -0.444 e. The molecule has 2 saturated heterocycles. The average Bonchev–Trinajstić information content (AvgIpc) is 4.16. The third kappa shape index (κ3) is 14.7. The molecule has 18 nitrogen and oxygen atoms in total. The number of rotatable bonds is 16. The van der Waals surface area contributed by atoms with Crippen LogP contribution in [-0.2, 0) is 27.2 Å². The highest BCUT2D eigenvalue weighted by atomic mass is 32.1. The van der Waals surface area contributed by atoms with Crippen molar-refractivity contribution in [1.29, 1.82) is 0 Å². The smallest absolute Gasteiger partial charge is 0.410 e. The largest absolute Gasteiger partial charge is 0.444 e. The van der Waals surface area contributed by atoms with Gasteiger partial charge in [-0.2, -0.15) is 0 Å². The van der Waals surface area contributed by atoms with Gasteiger partial charge in [0.25, 0.3) is 0 Å². The number of likely N-dealkylation sites (tertiary alicyclic amines) is 1. The van der Waals surface area contributed by atoms with Gasteiger partial charge >= 0.3 is 6.09 Å². The number of hydrogen-bond donors (Lipinski definition) is 5. The Morgan fingerprint density at radius 2 is 1.24 bits per heavy atom. The van der Waals surface area contributed by atoms with Crippen LogP contribution >= 0.6 is 22.7 Å². The second kappa shape index (κ2) is 23.3. The van der Waals surface area contributed by atoms with E-state index in [-0.39, 0.29) is 17.9 Å². The molecule has 2 aliphatic rings. The number of nitrogens with zero attached hydrogens (tertiary/aromatic N) is 9. The normalized spacial score (nSPS) is 15.6. The number of ether oxygens (including phenoxy) is 1. The van der Waals surface area contributed by atoms with E-state index in [1.807, 2.05) is 83.4 Å². The number of carbonyl (C=O) groups is 3. The highest BCUT2D eigenvalue weighted by Crippen LogP contribution is 2.28. The number of pyridine rings is 2. The molecule has 6 aromatic rings. The third-order valence-corrected chi connectivity index (χ3v) is 12.6. The van der Waals surface area contributed by atoms with Crippen LogP contribution in [0.2, 0.25) is 0 Å². The van der Waals surface area contributed by atoms with Gasteiger partial charge in [0.05, 0.1) is 37.2 Å². The van der Waals surface area contributed by atoms with Gasteiger partial charge < -0.3 is 31.3 Å². The van der Waals surface area contributed by atoms with Gasteiger partial charge in [-0.25, -0.2) is 34.7 Å². The minimum absolute atomic E-state index is 0.0479. The topological polar surface area (TPSA) is 227 Å². The van der Waals surface area contributed by atoms with Gasteiger partial charge in [0.2, 0.25) is 11.8 Å². The van der Waals surface area contributed by atoms with Crippen molar-refractivity contribution in [1.82, 2.24) is 60.7 Å². The van der Waals surface area contributed by atoms with E-state index in [2.05, 4.69) is 66.5 Å². The molecule has 0 saturated carbocycles. The predicted octanol–water partition coefficient (Wildman–Crippen LogP) is 6.00. The molecule has 0 aliphatic carbocycles. The van der Waals surface area contributed by atoms with Crippen molar-refractivity contribution in [2.24, 2.45) is 0 Å². The molecule has 5 N–H and O–H groups in total. The lowest BCUT2D eigenvalue weighted by Gasteiger charge is -2.28.